The largest absolute Gasteiger partial charge is 0.317 e. The molecule has 6 heteroatoms. The molecule has 2 heterocycles. The minimum atomic E-state index is -0.204. The van der Waals surface area contributed by atoms with E-state index >= 15 is 0 Å². The second-order valence-corrected chi connectivity index (χ2v) is 9.34. The van der Waals surface area contributed by atoms with E-state index in [1.54, 1.807) is 11.8 Å². The van der Waals surface area contributed by atoms with E-state index in [1.807, 2.05) is 42.6 Å². The predicted octanol–water partition coefficient (Wildman–Crippen LogP) is 5.31. The van der Waals surface area contributed by atoms with E-state index in [0.717, 1.165) is 26.0 Å². The fourth-order valence-electron chi connectivity index (χ4n) is 2.90. The van der Waals surface area contributed by atoms with Crippen molar-refractivity contribution in [3.8, 4) is 0 Å². The number of benzene rings is 1. The smallest absolute Gasteiger partial charge is 0.256 e. The predicted molar refractivity (Wildman–Crippen MR) is 116 cm³/mol. The molecule has 1 aromatic carbocycles. The Morgan fingerprint density at radius 1 is 1.40 bits per heavy atom. The Balaban J connectivity index is 1.89. The highest BCUT2D eigenvalue weighted by Crippen LogP contribution is 2.42. The molecule has 0 bridgehead atoms. The van der Waals surface area contributed by atoms with Crippen LogP contribution >= 0.6 is 50.3 Å². The van der Waals surface area contributed by atoms with Crippen molar-refractivity contribution in [1.29, 1.82) is 0 Å². The Morgan fingerprint density at radius 2 is 2.16 bits per heavy atom. The monoisotopic (exact) mass is 528 g/mol. The molecule has 3 nitrogen and oxygen atoms in total. The quantitative estimate of drug-likeness (QED) is 0.431. The summed E-state index contributed by atoms with van der Waals surface area (Å²) in [5.74, 6) is -0.0713. The lowest BCUT2D eigenvalue weighted by atomic mass is 9.81. The van der Waals surface area contributed by atoms with Crippen molar-refractivity contribution in [2.45, 2.75) is 24.0 Å². The molecule has 0 spiro atoms. The summed E-state index contributed by atoms with van der Waals surface area (Å²) in [6, 6.07) is 13.3. The Bertz CT molecular complexity index is 799. The molecule has 1 aliphatic rings. The molecule has 1 aliphatic heterocycles. The molecule has 0 unspecified atom stereocenters. The van der Waals surface area contributed by atoms with Crippen LogP contribution in [0.3, 0.4) is 0 Å². The number of thioether (sulfide) groups is 1. The average Bonchev–Trinajstić information content (AvgIpc) is 2.62. The van der Waals surface area contributed by atoms with Gasteiger partial charge in [0, 0.05) is 31.3 Å². The molecule has 0 aliphatic carbocycles. The molecular weight excluding hydrogens is 511 g/mol. The third-order valence-electron chi connectivity index (χ3n) is 4.15. The van der Waals surface area contributed by atoms with Crippen LogP contribution in [0, 0.1) is 0 Å². The molecule has 1 N–H and O–H groups in total. The minimum absolute atomic E-state index is 0.0713. The van der Waals surface area contributed by atoms with Gasteiger partial charge < -0.3 is 5.32 Å². The van der Waals surface area contributed by atoms with Crippen molar-refractivity contribution in [2.75, 3.05) is 4.43 Å². The number of rotatable bonds is 4. The maximum atomic E-state index is 12.5. The van der Waals surface area contributed by atoms with E-state index < -0.39 is 0 Å². The molecule has 2 atom stereocenters. The summed E-state index contributed by atoms with van der Waals surface area (Å²) >= 11 is 7.69. The Labute approximate surface area is 174 Å². The summed E-state index contributed by atoms with van der Waals surface area (Å²) in [6.07, 6.45) is 4.96. The number of alkyl halides is 1. The fourth-order valence-corrected chi connectivity index (χ4v) is 5.41. The van der Waals surface area contributed by atoms with Crippen molar-refractivity contribution in [2.24, 2.45) is 0 Å². The van der Waals surface area contributed by atoms with Gasteiger partial charge in [0.05, 0.1) is 10.7 Å². The summed E-state index contributed by atoms with van der Waals surface area (Å²) < 4.78 is 2.04. The molecule has 2 aromatic rings. The first-order valence-electron chi connectivity index (χ1n) is 7.94. The topological polar surface area (TPSA) is 42.0 Å². The van der Waals surface area contributed by atoms with Gasteiger partial charge in [-0.3, -0.25) is 9.78 Å². The van der Waals surface area contributed by atoms with Crippen LogP contribution in [0.5, 0.6) is 0 Å². The molecule has 1 aromatic heterocycles. The van der Waals surface area contributed by atoms with Crippen LogP contribution in [-0.4, -0.2) is 20.6 Å². The normalized spacial score (nSPS) is 23.0. The SMILES string of the molecule is C[C@]1(c2cc(Br)ccn2)C=C(NC(=O)c2ccccc2)S[C@H](CI)C1. The van der Waals surface area contributed by atoms with E-state index in [0.29, 0.717) is 10.8 Å². The number of carbonyl (C=O) groups is 1. The third-order valence-corrected chi connectivity index (χ3v) is 7.44. The number of amides is 1. The summed E-state index contributed by atoms with van der Waals surface area (Å²) in [5, 5.41) is 4.42. The maximum Gasteiger partial charge on any atom is 0.256 e. The van der Waals surface area contributed by atoms with Gasteiger partial charge in [-0.1, -0.05) is 63.6 Å². The van der Waals surface area contributed by atoms with Crippen LogP contribution in [0.1, 0.15) is 29.4 Å². The number of allylic oxidation sites excluding steroid dienone is 1. The zero-order valence-electron chi connectivity index (χ0n) is 13.7. The molecular formula is C19H18BrIN2OS. The fraction of sp³-hybridized carbons (Fsp3) is 0.263. The summed E-state index contributed by atoms with van der Waals surface area (Å²) in [7, 11) is 0. The third kappa shape index (κ3) is 4.65. The Hall–Kier alpha value is -0.860. The van der Waals surface area contributed by atoms with Crippen molar-refractivity contribution >= 4 is 56.2 Å². The van der Waals surface area contributed by atoms with Crippen LogP contribution in [0.15, 0.2) is 64.2 Å². The molecule has 1 amide bonds. The number of hydrogen-bond donors (Lipinski definition) is 1. The summed E-state index contributed by atoms with van der Waals surface area (Å²) in [5.41, 5.74) is 1.48. The lowest BCUT2D eigenvalue weighted by Gasteiger charge is -2.35. The van der Waals surface area contributed by atoms with Gasteiger partial charge in [0.1, 0.15) is 0 Å². The highest BCUT2D eigenvalue weighted by molar-refractivity contribution is 14.1. The number of nitrogens with zero attached hydrogens (tertiary/aromatic N) is 1. The van der Waals surface area contributed by atoms with Gasteiger partial charge in [-0.25, -0.2) is 0 Å². The number of nitrogens with one attached hydrogen (secondary N) is 1. The van der Waals surface area contributed by atoms with Crippen molar-refractivity contribution in [1.82, 2.24) is 10.3 Å². The zero-order valence-corrected chi connectivity index (χ0v) is 18.3. The standard InChI is InChI=1S/C19H18BrIN2OS/c1-19(16-9-14(20)7-8-22-16)10-15(12-21)25-17(11-19)23-18(24)13-5-3-2-4-6-13/h2-9,11,15H,10,12H2,1H3,(H,23,24)/t15-,19+/m0/s1. The van der Waals surface area contributed by atoms with Gasteiger partial charge in [-0.15, -0.1) is 11.8 Å². The Morgan fingerprint density at radius 3 is 2.84 bits per heavy atom. The molecule has 0 saturated carbocycles. The van der Waals surface area contributed by atoms with Gasteiger partial charge in [0.15, 0.2) is 0 Å². The molecule has 0 fully saturated rings. The molecule has 3 rings (SSSR count). The van der Waals surface area contributed by atoms with E-state index in [1.165, 1.54) is 0 Å². The van der Waals surface area contributed by atoms with Gasteiger partial charge in [0.25, 0.3) is 5.91 Å². The van der Waals surface area contributed by atoms with Gasteiger partial charge in [-0.2, -0.15) is 0 Å². The van der Waals surface area contributed by atoms with E-state index in [2.05, 4.69) is 67.9 Å². The number of aromatic nitrogens is 1. The maximum absolute atomic E-state index is 12.5. The van der Waals surface area contributed by atoms with Crippen molar-refractivity contribution in [3.05, 3.63) is 75.5 Å². The number of pyridine rings is 1. The van der Waals surface area contributed by atoms with Gasteiger partial charge in [0.2, 0.25) is 0 Å². The van der Waals surface area contributed by atoms with Crippen LogP contribution in [0.25, 0.3) is 0 Å². The zero-order chi connectivity index (χ0) is 17.9. The summed E-state index contributed by atoms with van der Waals surface area (Å²) in [4.78, 5) is 17.1. The highest BCUT2D eigenvalue weighted by atomic mass is 127. The van der Waals surface area contributed by atoms with E-state index in [4.69, 9.17) is 0 Å². The lowest BCUT2D eigenvalue weighted by molar-refractivity contribution is 0.0968. The van der Waals surface area contributed by atoms with Crippen LogP contribution < -0.4 is 5.32 Å². The van der Waals surface area contributed by atoms with Crippen molar-refractivity contribution < 1.29 is 4.79 Å². The average molecular weight is 529 g/mol. The Kier molecular flexibility index (Phi) is 6.22. The second kappa shape index (κ2) is 8.22. The van der Waals surface area contributed by atoms with Gasteiger partial charge in [-0.05, 0) is 36.8 Å². The lowest BCUT2D eigenvalue weighted by Crippen LogP contribution is -2.34. The minimum Gasteiger partial charge on any atom is -0.317 e. The van der Waals surface area contributed by atoms with Crippen LogP contribution in [-0.2, 0) is 5.41 Å². The van der Waals surface area contributed by atoms with Crippen molar-refractivity contribution in [3.63, 3.8) is 0 Å². The second-order valence-electron chi connectivity index (χ2n) is 6.20. The van der Waals surface area contributed by atoms with E-state index in [-0.39, 0.29) is 11.3 Å². The number of hydrogen-bond acceptors (Lipinski definition) is 3. The number of carbonyl (C=O) groups excluding carboxylic acids is 1. The summed E-state index contributed by atoms with van der Waals surface area (Å²) in [6.45, 7) is 2.19. The van der Waals surface area contributed by atoms with Crippen LogP contribution in [0.2, 0.25) is 0 Å². The molecule has 25 heavy (non-hydrogen) atoms. The van der Waals surface area contributed by atoms with E-state index in [9.17, 15) is 4.79 Å². The van der Waals surface area contributed by atoms with Crippen LogP contribution in [0.4, 0.5) is 0 Å². The van der Waals surface area contributed by atoms with Gasteiger partial charge >= 0.3 is 0 Å². The molecule has 0 radical (unpaired) electrons. The molecule has 130 valence electrons. The highest BCUT2D eigenvalue weighted by Gasteiger charge is 2.35. The first-order chi connectivity index (χ1) is 12.0. The number of halogens is 2. The molecule has 0 saturated heterocycles. The first kappa shape index (κ1) is 18.9. The first-order valence-corrected chi connectivity index (χ1v) is 11.1.